The molecule has 0 aliphatic carbocycles. The van der Waals surface area contributed by atoms with E-state index < -0.39 is 0 Å². The van der Waals surface area contributed by atoms with Crippen molar-refractivity contribution in [2.75, 3.05) is 7.11 Å². The van der Waals surface area contributed by atoms with Gasteiger partial charge in [-0.05, 0) is 25.3 Å². The van der Waals surface area contributed by atoms with Crippen molar-refractivity contribution in [1.29, 1.82) is 0 Å². The molecule has 0 amide bonds. The van der Waals surface area contributed by atoms with Crippen LogP contribution in [0.5, 0.6) is 5.75 Å². The van der Waals surface area contributed by atoms with Crippen molar-refractivity contribution in [3.8, 4) is 5.75 Å². The van der Waals surface area contributed by atoms with Gasteiger partial charge in [0.2, 0.25) is 5.16 Å². The monoisotopic (exact) mass is 346 g/mol. The van der Waals surface area contributed by atoms with Gasteiger partial charge in [0, 0.05) is 34.4 Å². The average molecular weight is 346 g/mol. The Balaban J connectivity index is 1.66. The molecule has 1 N–H and O–H groups in total. The number of nitrogens with one attached hydrogen (secondary N) is 1. The van der Waals surface area contributed by atoms with Crippen molar-refractivity contribution in [1.82, 2.24) is 20.2 Å². The summed E-state index contributed by atoms with van der Waals surface area (Å²) >= 11 is 3.30. The molecule has 3 heterocycles. The molecule has 0 bridgehead atoms. The highest BCUT2D eigenvalue weighted by atomic mass is 32.2. The SMILES string of the molecule is COc1c(C)cnc(CSc2n[nH]c(Cc3cccs3)n2)c1C. The summed E-state index contributed by atoms with van der Waals surface area (Å²) in [7, 11) is 1.69. The summed E-state index contributed by atoms with van der Waals surface area (Å²) in [4.78, 5) is 10.3. The highest BCUT2D eigenvalue weighted by molar-refractivity contribution is 7.98. The molecule has 0 saturated carbocycles. The summed E-state index contributed by atoms with van der Waals surface area (Å²) in [5.74, 6) is 2.52. The maximum absolute atomic E-state index is 5.45. The van der Waals surface area contributed by atoms with Gasteiger partial charge in [-0.2, -0.15) is 0 Å². The van der Waals surface area contributed by atoms with Gasteiger partial charge in [0.1, 0.15) is 11.6 Å². The van der Waals surface area contributed by atoms with Crippen molar-refractivity contribution in [2.24, 2.45) is 0 Å². The smallest absolute Gasteiger partial charge is 0.208 e. The summed E-state index contributed by atoms with van der Waals surface area (Å²) in [6.45, 7) is 4.04. The topological polar surface area (TPSA) is 63.7 Å². The van der Waals surface area contributed by atoms with Gasteiger partial charge in [0.25, 0.3) is 0 Å². The number of ether oxygens (including phenoxy) is 1. The molecule has 3 aromatic rings. The van der Waals surface area contributed by atoms with Crippen molar-refractivity contribution in [3.63, 3.8) is 0 Å². The highest BCUT2D eigenvalue weighted by Crippen LogP contribution is 2.28. The quantitative estimate of drug-likeness (QED) is 0.688. The first-order valence-electron chi connectivity index (χ1n) is 7.23. The Bertz CT molecular complexity index is 783. The predicted octanol–water partition coefficient (Wildman–Crippen LogP) is 3.77. The van der Waals surface area contributed by atoms with Crippen LogP contribution < -0.4 is 4.74 Å². The molecular weight excluding hydrogens is 328 g/mol. The number of hydrogen-bond donors (Lipinski definition) is 1. The molecule has 5 nitrogen and oxygen atoms in total. The Morgan fingerprint density at radius 3 is 2.96 bits per heavy atom. The van der Waals surface area contributed by atoms with Crippen molar-refractivity contribution in [2.45, 2.75) is 31.2 Å². The van der Waals surface area contributed by atoms with Crippen LogP contribution in [0.4, 0.5) is 0 Å². The lowest BCUT2D eigenvalue weighted by Crippen LogP contribution is -1.98. The van der Waals surface area contributed by atoms with E-state index in [1.165, 1.54) is 4.88 Å². The van der Waals surface area contributed by atoms with Crippen molar-refractivity contribution >= 4 is 23.1 Å². The molecule has 0 aromatic carbocycles. The van der Waals surface area contributed by atoms with E-state index in [-0.39, 0.29) is 0 Å². The van der Waals surface area contributed by atoms with E-state index in [0.717, 1.165) is 45.7 Å². The number of methoxy groups -OCH3 is 1. The number of nitrogens with zero attached hydrogens (tertiary/aromatic N) is 3. The molecule has 0 aliphatic heterocycles. The molecule has 0 unspecified atom stereocenters. The predicted molar refractivity (Wildman–Crippen MR) is 93.3 cm³/mol. The van der Waals surface area contributed by atoms with Crippen LogP contribution in [-0.2, 0) is 12.2 Å². The summed E-state index contributed by atoms with van der Waals surface area (Å²) in [5.41, 5.74) is 3.13. The number of rotatable bonds is 6. The molecule has 0 fully saturated rings. The molecule has 7 heteroatoms. The Morgan fingerprint density at radius 1 is 1.35 bits per heavy atom. The minimum atomic E-state index is 0.721. The molecule has 120 valence electrons. The van der Waals surface area contributed by atoms with E-state index >= 15 is 0 Å². The molecule has 0 aliphatic rings. The number of H-pyrrole nitrogens is 1. The zero-order valence-electron chi connectivity index (χ0n) is 13.3. The number of thiophene rings is 1. The van der Waals surface area contributed by atoms with Gasteiger partial charge >= 0.3 is 0 Å². The number of aromatic nitrogens is 4. The van der Waals surface area contributed by atoms with Gasteiger partial charge < -0.3 is 4.74 Å². The number of aromatic amines is 1. The minimum absolute atomic E-state index is 0.721. The van der Waals surface area contributed by atoms with Gasteiger partial charge in [-0.25, -0.2) is 4.98 Å². The molecular formula is C16H18N4OS2. The second-order valence-corrected chi connectivity index (χ2v) is 7.13. The Kier molecular flexibility index (Phi) is 4.97. The van der Waals surface area contributed by atoms with Gasteiger partial charge in [0.15, 0.2) is 0 Å². The molecule has 23 heavy (non-hydrogen) atoms. The fourth-order valence-electron chi connectivity index (χ4n) is 2.35. The van der Waals surface area contributed by atoms with Crippen molar-refractivity contribution < 1.29 is 4.74 Å². The second-order valence-electron chi connectivity index (χ2n) is 5.16. The fraction of sp³-hybridized carbons (Fsp3) is 0.312. The fourth-order valence-corrected chi connectivity index (χ4v) is 3.90. The Hall–Kier alpha value is -1.86. The summed E-state index contributed by atoms with van der Waals surface area (Å²) < 4.78 is 5.45. The number of hydrogen-bond acceptors (Lipinski definition) is 6. The Morgan fingerprint density at radius 2 is 2.22 bits per heavy atom. The first kappa shape index (κ1) is 16.0. The molecule has 0 radical (unpaired) electrons. The first-order chi connectivity index (χ1) is 11.2. The van der Waals surface area contributed by atoms with Crippen LogP contribution in [0.2, 0.25) is 0 Å². The van der Waals surface area contributed by atoms with Gasteiger partial charge in [-0.1, -0.05) is 17.8 Å². The molecule has 0 saturated heterocycles. The standard InChI is InChI=1S/C16H18N4OS2/c1-10-8-17-13(11(2)15(10)21-3)9-23-16-18-14(19-20-16)7-12-5-4-6-22-12/h4-6,8H,7,9H2,1-3H3,(H,18,19,20). The third-order valence-corrected chi connectivity index (χ3v) is 5.26. The van der Waals surface area contributed by atoms with Crippen LogP contribution in [0.15, 0.2) is 28.9 Å². The van der Waals surface area contributed by atoms with Crippen LogP contribution in [-0.4, -0.2) is 27.3 Å². The minimum Gasteiger partial charge on any atom is -0.496 e. The van der Waals surface area contributed by atoms with Crippen LogP contribution in [0.3, 0.4) is 0 Å². The first-order valence-corrected chi connectivity index (χ1v) is 9.09. The van der Waals surface area contributed by atoms with Crippen LogP contribution in [0, 0.1) is 13.8 Å². The maximum Gasteiger partial charge on any atom is 0.208 e. The van der Waals surface area contributed by atoms with Crippen molar-refractivity contribution in [3.05, 3.63) is 51.2 Å². The van der Waals surface area contributed by atoms with E-state index in [1.807, 2.05) is 26.1 Å². The third kappa shape index (κ3) is 3.73. The number of thioether (sulfide) groups is 1. The van der Waals surface area contributed by atoms with Crippen LogP contribution >= 0.6 is 23.1 Å². The second kappa shape index (κ2) is 7.14. The van der Waals surface area contributed by atoms with Crippen LogP contribution in [0.25, 0.3) is 0 Å². The Labute approximate surface area is 143 Å². The third-order valence-electron chi connectivity index (χ3n) is 3.52. The summed E-state index contributed by atoms with van der Waals surface area (Å²) in [6, 6.07) is 4.15. The number of aryl methyl sites for hydroxylation is 1. The lowest BCUT2D eigenvalue weighted by molar-refractivity contribution is 0.407. The maximum atomic E-state index is 5.45. The van der Waals surface area contributed by atoms with Gasteiger partial charge in [-0.15, -0.1) is 16.4 Å². The summed E-state index contributed by atoms with van der Waals surface area (Å²) in [5, 5.41) is 10.1. The number of pyridine rings is 1. The molecule has 3 aromatic heterocycles. The average Bonchev–Trinajstić information content (AvgIpc) is 3.19. The molecule has 3 rings (SSSR count). The van der Waals surface area contributed by atoms with Gasteiger partial charge in [0.05, 0.1) is 12.8 Å². The zero-order valence-corrected chi connectivity index (χ0v) is 14.9. The van der Waals surface area contributed by atoms with Crippen LogP contribution in [0.1, 0.15) is 27.5 Å². The zero-order chi connectivity index (χ0) is 16.2. The normalized spacial score (nSPS) is 10.9. The van der Waals surface area contributed by atoms with E-state index in [9.17, 15) is 0 Å². The largest absolute Gasteiger partial charge is 0.496 e. The lowest BCUT2D eigenvalue weighted by atomic mass is 10.1. The summed E-state index contributed by atoms with van der Waals surface area (Å²) in [6.07, 6.45) is 2.64. The molecule has 0 atom stereocenters. The van der Waals surface area contributed by atoms with E-state index in [4.69, 9.17) is 4.74 Å². The van der Waals surface area contributed by atoms with Gasteiger partial charge in [-0.3, -0.25) is 10.1 Å². The van der Waals surface area contributed by atoms with E-state index in [2.05, 4.69) is 31.6 Å². The van der Waals surface area contributed by atoms with E-state index in [0.29, 0.717) is 0 Å². The van der Waals surface area contributed by atoms with E-state index in [1.54, 1.807) is 30.2 Å². The molecule has 0 spiro atoms. The lowest BCUT2D eigenvalue weighted by Gasteiger charge is -2.11. The highest BCUT2D eigenvalue weighted by Gasteiger charge is 2.11.